The van der Waals surface area contributed by atoms with E-state index in [2.05, 4.69) is 17.2 Å². The number of aliphatic hydroxyl groups is 1. The minimum Gasteiger partial charge on any atom is -0.497 e. The number of fused-ring (bicyclic) bond motifs is 1. The maximum atomic E-state index is 10.3. The van der Waals surface area contributed by atoms with Crippen molar-refractivity contribution in [2.75, 3.05) is 12.4 Å². The van der Waals surface area contributed by atoms with Crippen LogP contribution < -0.4 is 10.1 Å². The van der Waals surface area contributed by atoms with Crippen LogP contribution in [-0.4, -0.2) is 24.2 Å². The molecule has 1 aliphatic heterocycles. The number of benzene rings is 1. The summed E-state index contributed by atoms with van der Waals surface area (Å²) in [6.45, 7) is 2.41. The highest BCUT2D eigenvalue weighted by molar-refractivity contribution is 5.97. The molecule has 0 bridgehead atoms. The number of rotatable bonds is 7. The monoisotopic (exact) mass is 330 g/mol. The van der Waals surface area contributed by atoms with Crippen molar-refractivity contribution in [1.29, 1.82) is 0 Å². The molecule has 0 aromatic heterocycles. The molecule has 1 fully saturated rings. The molecule has 24 heavy (non-hydrogen) atoms. The number of nitrogens with zero attached hydrogens (tertiary/aromatic N) is 1. The smallest absolute Gasteiger partial charge is 0.164 e. The fraction of sp³-hybridized carbons (Fsp3) is 0.650. The number of ether oxygens (including phenoxy) is 1. The van der Waals surface area contributed by atoms with Crippen LogP contribution in [0, 0.1) is 11.8 Å². The third kappa shape index (κ3) is 4.10. The van der Waals surface area contributed by atoms with Gasteiger partial charge in [-0.05, 0) is 36.8 Å². The van der Waals surface area contributed by atoms with Crippen LogP contribution in [0.1, 0.15) is 58.3 Å². The number of anilines is 1. The van der Waals surface area contributed by atoms with E-state index in [-0.39, 0.29) is 0 Å². The molecule has 4 nitrogen and oxygen atoms in total. The minimum absolute atomic E-state index is 0.681. The van der Waals surface area contributed by atoms with Crippen molar-refractivity contribution < 1.29 is 9.84 Å². The molecule has 1 aromatic carbocycles. The zero-order valence-corrected chi connectivity index (χ0v) is 14.9. The second-order valence-electron chi connectivity index (χ2n) is 7.30. The summed E-state index contributed by atoms with van der Waals surface area (Å²) in [7, 11) is 1.64. The lowest BCUT2D eigenvalue weighted by atomic mass is 9.92. The highest BCUT2D eigenvalue weighted by Crippen LogP contribution is 2.35. The summed E-state index contributed by atoms with van der Waals surface area (Å²) < 4.78 is 5.21. The van der Waals surface area contributed by atoms with E-state index < -0.39 is 6.23 Å². The van der Waals surface area contributed by atoms with Gasteiger partial charge in [0.15, 0.2) is 6.23 Å². The molecule has 2 aliphatic rings. The number of unbranched alkanes of at least 4 members (excludes halogenated alkanes) is 2. The maximum Gasteiger partial charge on any atom is 0.164 e. The third-order valence-electron chi connectivity index (χ3n) is 5.62. The molecule has 0 radical (unpaired) electrons. The summed E-state index contributed by atoms with van der Waals surface area (Å²) >= 11 is 0. The molecular weight excluding hydrogens is 300 g/mol. The van der Waals surface area contributed by atoms with Crippen molar-refractivity contribution >= 4 is 17.1 Å². The second kappa shape index (κ2) is 8.02. The predicted molar refractivity (Wildman–Crippen MR) is 99.3 cm³/mol. The van der Waals surface area contributed by atoms with Crippen molar-refractivity contribution in [3.05, 3.63) is 18.2 Å². The number of hydrogen-bond acceptors (Lipinski definition) is 4. The number of hydrogen-bond donors (Lipinski definition) is 2. The van der Waals surface area contributed by atoms with E-state index in [9.17, 15) is 5.11 Å². The van der Waals surface area contributed by atoms with Gasteiger partial charge in [0.25, 0.3) is 0 Å². The zero-order chi connectivity index (χ0) is 16.9. The second-order valence-corrected chi connectivity index (χ2v) is 7.30. The van der Waals surface area contributed by atoms with Crippen LogP contribution in [0.15, 0.2) is 23.2 Å². The number of aliphatic hydroxyl groups excluding tert-OH is 1. The SMILES string of the molecule is COc1ccc2c(c1)NC(O)C(CCCCCC1CCCC1C)=N2. The standard InChI is InChI=1S/C20H30N2O2/c1-14-7-6-9-15(14)8-4-3-5-10-18-20(23)22-19-13-16(24-2)11-12-17(19)21-18/h11-15,20,22-23H,3-10H2,1-2H3. The average Bonchev–Trinajstić information content (AvgIpc) is 2.99. The summed E-state index contributed by atoms with van der Waals surface area (Å²) in [6, 6.07) is 5.72. The third-order valence-corrected chi connectivity index (χ3v) is 5.62. The summed E-state index contributed by atoms with van der Waals surface area (Å²) in [5.74, 6) is 2.65. The molecule has 0 spiro atoms. The maximum absolute atomic E-state index is 10.3. The minimum atomic E-state index is -0.681. The first-order valence-corrected chi connectivity index (χ1v) is 9.37. The molecule has 3 atom stereocenters. The highest BCUT2D eigenvalue weighted by Gasteiger charge is 2.23. The normalized spacial score (nSPS) is 25.8. The lowest BCUT2D eigenvalue weighted by Gasteiger charge is -2.23. The fourth-order valence-corrected chi connectivity index (χ4v) is 4.03. The molecule has 0 saturated heterocycles. The van der Waals surface area contributed by atoms with Crippen LogP contribution in [-0.2, 0) is 0 Å². The Hall–Kier alpha value is -1.55. The molecule has 2 N–H and O–H groups in total. The van der Waals surface area contributed by atoms with Gasteiger partial charge in [0.2, 0.25) is 0 Å². The molecule has 4 heteroatoms. The van der Waals surface area contributed by atoms with Gasteiger partial charge < -0.3 is 15.2 Å². The Bertz CT molecular complexity index is 585. The Kier molecular flexibility index (Phi) is 5.77. The quantitative estimate of drug-likeness (QED) is 0.699. The fourth-order valence-electron chi connectivity index (χ4n) is 4.03. The van der Waals surface area contributed by atoms with Crippen LogP contribution in [0.5, 0.6) is 5.75 Å². The van der Waals surface area contributed by atoms with Crippen LogP contribution in [0.2, 0.25) is 0 Å². The Labute approximate surface area is 145 Å². The first-order valence-electron chi connectivity index (χ1n) is 9.37. The topological polar surface area (TPSA) is 53.8 Å². The summed E-state index contributed by atoms with van der Waals surface area (Å²) in [5, 5.41) is 13.4. The van der Waals surface area contributed by atoms with E-state index in [0.717, 1.165) is 47.5 Å². The van der Waals surface area contributed by atoms with Gasteiger partial charge in [-0.3, -0.25) is 4.99 Å². The molecule has 132 valence electrons. The van der Waals surface area contributed by atoms with Crippen molar-refractivity contribution in [2.24, 2.45) is 16.8 Å². The van der Waals surface area contributed by atoms with Gasteiger partial charge in [-0.25, -0.2) is 0 Å². The first-order chi connectivity index (χ1) is 11.7. The molecule has 1 heterocycles. The zero-order valence-electron chi connectivity index (χ0n) is 14.9. The predicted octanol–water partition coefficient (Wildman–Crippen LogP) is 4.90. The molecule has 1 saturated carbocycles. The molecule has 1 aliphatic carbocycles. The number of methoxy groups -OCH3 is 1. The van der Waals surface area contributed by atoms with Gasteiger partial charge in [-0.2, -0.15) is 0 Å². The van der Waals surface area contributed by atoms with Gasteiger partial charge in [0.1, 0.15) is 5.75 Å². The van der Waals surface area contributed by atoms with Crippen LogP contribution in [0.3, 0.4) is 0 Å². The molecular formula is C20H30N2O2. The Morgan fingerprint density at radius 2 is 2.12 bits per heavy atom. The molecule has 3 unspecified atom stereocenters. The first kappa shape index (κ1) is 17.3. The van der Waals surface area contributed by atoms with Crippen molar-refractivity contribution in [3.63, 3.8) is 0 Å². The molecule has 1 aromatic rings. The number of aliphatic imine (C=N–C) groups is 1. The van der Waals surface area contributed by atoms with E-state index in [0.29, 0.717) is 0 Å². The van der Waals surface area contributed by atoms with E-state index in [4.69, 9.17) is 4.74 Å². The van der Waals surface area contributed by atoms with Crippen LogP contribution in [0.25, 0.3) is 0 Å². The molecule has 0 amide bonds. The van der Waals surface area contributed by atoms with Crippen LogP contribution >= 0.6 is 0 Å². The Balaban J connectivity index is 1.47. The van der Waals surface area contributed by atoms with Crippen LogP contribution in [0.4, 0.5) is 11.4 Å². The van der Waals surface area contributed by atoms with E-state index >= 15 is 0 Å². The number of nitrogens with one attached hydrogen (secondary N) is 1. The van der Waals surface area contributed by atoms with Gasteiger partial charge in [0.05, 0.1) is 24.2 Å². The average molecular weight is 330 g/mol. The van der Waals surface area contributed by atoms with Gasteiger partial charge in [-0.1, -0.05) is 45.4 Å². The van der Waals surface area contributed by atoms with Gasteiger partial charge in [0, 0.05) is 6.07 Å². The molecule has 3 rings (SSSR count). The lowest BCUT2D eigenvalue weighted by Crippen LogP contribution is -2.31. The largest absolute Gasteiger partial charge is 0.497 e. The van der Waals surface area contributed by atoms with E-state index in [1.165, 1.54) is 38.5 Å². The van der Waals surface area contributed by atoms with E-state index in [1.807, 2.05) is 18.2 Å². The lowest BCUT2D eigenvalue weighted by molar-refractivity contribution is 0.266. The van der Waals surface area contributed by atoms with Gasteiger partial charge in [-0.15, -0.1) is 0 Å². The van der Waals surface area contributed by atoms with Gasteiger partial charge >= 0.3 is 0 Å². The summed E-state index contributed by atoms with van der Waals surface area (Å²) in [4.78, 5) is 4.64. The summed E-state index contributed by atoms with van der Waals surface area (Å²) in [5.41, 5.74) is 2.57. The van der Waals surface area contributed by atoms with Crippen molar-refractivity contribution in [1.82, 2.24) is 0 Å². The van der Waals surface area contributed by atoms with E-state index in [1.54, 1.807) is 7.11 Å². The van der Waals surface area contributed by atoms with Crippen molar-refractivity contribution in [2.45, 2.75) is 64.5 Å². The highest BCUT2D eigenvalue weighted by atomic mass is 16.5. The summed E-state index contributed by atoms with van der Waals surface area (Å²) in [6.07, 6.45) is 9.45. The van der Waals surface area contributed by atoms with Crippen molar-refractivity contribution in [3.8, 4) is 5.75 Å². The Morgan fingerprint density at radius 1 is 1.25 bits per heavy atom. The Morgan fingerprint density at radius 3 is 2.88 bits per heavy atom.